The van der Waals surface area contributed by atoms with Gasteiger partial charge in [0.05, 0.1) is 0 Å². The van der Waals surface area contributed by atoms with Crippen molar-refractivity contribution in [2.24, 2.45) is 0 Å². The smallest absolute Gasteiger partial charge is 0.122 e. The number of ether oxygens (including phenoxy) is 2. The summed E-state index contributed by atoms with van der Waals surface area (Å²) in [5, 5.41) is 0. The predicted molar refractivity (Wildman–Crippen MR) is 105 cm³/mol. The van der Waals surface area contributed by atoms with Crippen LogP contribution in [0, 0.1) is 6.92 Å². The van der Waals surface area contributed by atoms with Gasteiger partial charge in [0.25, 0.3) is 0 Å². The number of aryl methyl sites for hydroxylation is 2. The van der Waals surface area contributed by atoms with Crippen molar-refractivity contribution in [2.45, 2.75) is 38.9 Å². The highest BCUT2D eigenvalue weighted by Crippen LogP contribution is 2.29. The third kappa shape index (κ3) is 4.08. The maximum absolute atomic E-state index is 6.20. The Morgan fingerprint density at radius 3 is 2.54 bits per heavy atom. The van der Waals surface area contributed by atoms with Crippen LogP contribution in [0.1, 0.15) is 28.7 Å². The fraction of sp³-hybridized carbons (Fsp3) is 0.250. The summed E-state index contributed by atoms with van der Waals surface area (Å²) in [6, 6.07) is 25.1. The molecule has 0 radical (unpaired) electrons. The molecule has 0 fully saturated rings. The van der Waals surface area contributed by atoms with Crippen LogP contribution in [0.15, 0.2) is 72.8 Å². The molecule has 1 atom stereocenters. The number of fused-ring (bicyclic) bond motifs is 1. The van der Waals surface area contributed by atoms with Crippen LogP contribution in [-0.4, -0.2) is 6.10 Å². The molecule has 26 heavy (non-hydrogen) atoms. The second-order valence-electron chi connectivity index (χ2n) is 7.01. The molecule has 1 aliphatic rings. The Kier molecular flexibility index (Phi) is 4.92. The first-order chi connectivity index (χ1) is 12.8. The van der Waals surface area contributed by atoms with E-state index < -0.39 is 0 Å². The van der Waals surface area contributed by atoms with Crippen molar-refractivity contribution in [1.82, 2.24) is 0 Å². The molecule has 0 saturated heterocycles. The van der Waals surface area contributed by atoms with Crippen LogP contribution >= 0.6 is 0 Å². The van der Waals surface area contributed by atoms with E-state index in [2.05, 4.69) is 61.5 Å². The molecule has 0 amide bonds. The minimum absolute atomic E-state index is 0.251. The lowest BCUT2D eigenvalue weighted by Crippen LogP contribution is -2.24. The van der Waals surface area contributed by atoms with Gasteiger partial charge in [0.1, 0.15) is 24.2 Å². The van der Waals surface area contributed by atoms with Gasteiger partial charge in [-0.15, -0.1) is 0 Å². The number of rotatable bonds is 5. The van der Waals surface area contributed by atoms with E-state index in [4.69, 9.17) is 9.47 Å². The molecule has 1 unspecified atom stereocenters. The summed E-state index contributed by atoms with van der Waals surface area (Å²) >= 11 is 0. The maximum Gasteiger partial charge on any atom is 0.122 e. The quantitative estimate of drug-likeness (QED) is 0.607. The highest BCUT2D eigenvalue weighted by Gasteiger charge is 2.20. The van der Waals surface area contributed by atoms with Crippen molar-refractivity contribution in [3.63, 3.8) is 0 Å². The lowest BCUT2D eigenvalue weighted by Gasteiger charge is -2.26. The van der Waals surface area contributed by atoms with Crippen LogP contribution in [-0.2, 0) is 19.4 Å². The highest BCUT2D eigenvalue weighted by molar-refractivity contribution is 5.39. The molecule has 0 spiro atoms. The second kappa shape index (κ2) is 7.65. The minimum atomic E-state index is 0.251. The van der Waals surface area contributed by atoms with Gasteiger partial charge in [-0.1, -0.05) is 60.2 Å². The van der Waals surface area contributed by atoms with E-state index in [9.17, 15) is 0 Å². The summed E-state index contributed by atoms with van der Waals surface area (Å²) < 4.78 is 12.1. The maximum atomic E-state index is 6.20. The van der Waals surface area contributed by atoms with Crippen LogP contribution < -0.4 is 9.47 Å². The van der Waals surface area contributed by atoms with Crippen molar-refractivity contribution in [1.29, 1.82) is 0 Å². The highest BCUT2D eigenvalue weighted by atomic mass is 16.5. The zero-order valence-corrected chi connectivity index (χ0v) is 15.2. The molecule has 0 saturated carbocycles. The van der Waals surface area contributed by atoms with E-state index in [0.29, 0.717) is 6.61 Å². The standard InChI is InChI=1S/C24H24O2/c1-18-7-14-24-21(15-18)10-13-23(26-24)16-19-8-11-22(12-9-19)25-17-20-5-3-2-4-6-20/h2-9,11-12,14-15,23H,10,13,16-17H2,1H3. The molecule has 2 heteroatoms. The Labute approximate surface area is 155 Å². The van der Waals surface area contributed by atoms with Crippen LogP contribution in [0.25, 0.3) is 0 Å². The van der Waals surface area contributed by atoms with Gasteiger partial charge in [0, 0.05) is 6.42 Å². The van der Waals surface area contributed by atoms with Gasteiger partial charge in [-0.25, -0.2) is 0 Å². The molecule has 3 aromatic rings. The summed E-state index contributed by atoms with van der Waals surface area (Å²) in [6.07, 6.45) is 3.36. The zero-order valence-electron chi connectivity index (χ0n) is 15.2. The normalized spacial score (nSPS) is 15.8. The van der Waals surface area contributed by atoms with E-state index in [0.717, 1.165) is 30.8 Å². The van der Waals surface area contributed by atoms with Crippen LogP contribution in [0.3, 0.4) is 0 Å². The lowest BCUT2D eigenvalue weighted by atomic mass is 9.96. The fourth-order valence-corrected chi connectivity index (χ4v) is 3.44. The molecule has 1 aliphatic heterocycles. The van der Waals surface area contributed by atoms with Gasteiger partial charge in [-0.2, -0.15) is 0 Å². The fourth-order valence-electron chi connectivity index (χ4n) is 3.44. The topological polar surface area (TPSA) is 18.5 Å². The molecule has 3 aromatic carbocycles. The van der Waals surface area contributed by atoms with Crippen LogP contribution in [0.2, 0.25) is 0 Å². The summed E-state index contributed by atoms with van der Waals surface area (Å²) in [6.45, 7) is 2.73. The Bertz CT molecular complexity index is 853. The lowest BCUT2D eigenvalue weighted by molar-refractivity contribution is 0.173. The van der Waals surface area contributed by atoms with E-state index in [1.54, 1.807) is 0 Å². The average Bonchev–Trinajstić information content (AvgIpc) is 2.68. The molecule has 4 rings (SSSR count). The van der Waals surface area contributed by atoms with Crippen LogP contribution in [0.5, 0.6) is 11.5 Å². The molecule has 1 heterocycles. The van der Waals surface area contributed by atoms with E-state index >= 15 is 0 Å². The van der Waals surface area contributed by atoms with Crippen molar-refractivity contribution in [3.05, 3.63) is 95.1 Å². The van der Waals surface area contributed by atoms with E-state index in [-0.39, 0.29) is 6.10 Å². The minimum Gasteiger partial charge on any atom is -0.490 e. The number of benzene rings is 3. The monoisotopic (exact) mass is 344 g/mol. The first kappa shape index (κ1) is 16.7. The van der Waals surface area contributed by atoms with E-state index in [1.807, 2.05) is 18.2 Å². The summed E-state index contributed by atoms with van der Waals surface area (Å²) in [5.41, 5.74) is 5.11. The van der Waals surface area contributed by atoms with Gasteiger partial charge < -0.3 is 9.47 Å². The summed E-state index contributed by atoms with van der Waals surface area (Å²) in [7, 11) is 0. The van der Waals surface area contributed by atoms with E-state index in [1.165, 1.54) is 22.3 Å². The molecule has 0 bridgehead atoms. The molecular formula is C24H24O2. The molecule has 0 aromatic heterocycles. The molecule has 132 valence electrons. The zero-order chi connectivity index (χ0) is 17.8. The van der Waals surface area contributed by atoms with Gasteiger partial charge in [-0.05, 0) is 54.7 Å². The van der Waals surface area contributed by atoms with Gasteiger partial charge in [0.2, 0.25) is 0 Å². The molecular weight excluding hydrogens is 320 g/mol. The molecule has 0 aliphatic carbocycles. The molecule has 2 nitrogen and oxygen atoms in total. The second-order valence-corrected chi connectivity index (χ2v) is 7.01. The summed E-state index contributed by atoms with van der Waals surface area (Å²) in [5.74, 6) is 1.96. The Morgan fingerprint density at radius 1 is 0.923 bits per heavy atom. The largest absolute Gasteiger partial charge is 0.490 e. The number of hydrogen-bond donors (Lipinski definition) is 0. The first-order valence-electron chi connectivity index (χ1n) is 9.28. The average molecular weight is 344 g/mol. The van der Waals surface area contributed by atoms with Crippen molar-refractivity contribution >= 4 is 0 Å². The predicted octanol–water partition coefficient (Wildman–Crippen LogP) is 5.51. The number of hydrogen-bond acceptors (Lipinski definition) is 2. The van der Waals surface area contributed by atoms with Gasteiger partial charge >= 0.3 is 0 Å². The van der Waals surface area contributed by atoms with Crippen molar-refractivity contribution in [2.75, 3.05) is 0 Å². The van der Waals surface area contributed by atoms with Crippen LogP contribution in [0.4, 0.5) is 0 Å². The van der Waals surface area contributed by atoms with Gasteiger partial charge in [0.15, 0.2) is 0 Å². The van der Waals surface area contributed by atoms with Crippen molar-refractivity contribution in [3.8, 4) is 11.5 Å². The molecule has 0 N–H and O–H groups in total. The third-order valence-electron chi connectivity index (χ3n) is 4.88. The third-order valence-corrected chi connectivity index (χ3v) is 4.88. The Morgan fingerprint density at radius 2 is 1.73 bits per heavy atom. The first-order valence-corrected chi connectivity index (χ1v) is 9.28. The Hall–Kier alpha value is -2.74. The Balaban J connectivity index is 1.34. The van der Waals surface area contributed by atoms with Crippen molar-refractivity contribution < 1.29 is 9.47 Å². The van der Waals surface area contributed by atoms with Gasteiger partial charge in [-0.3, -0.25) is 0 Å². The summed E-state index contributed by atoms with van der Waals surface area (Å²) in [4.78, 5) is 0. The SMILES string of the molecule is Cc1ccc2c(c1)CCC(Cc1ccc(OCc3ccccc3)cc1)O2.